The van der Waals surface area contributed by atoms with Crippen LogP contribution < -0.4 is 30.1 Å². The minimum Gasteiger partial charge on any atom is -0.453 e. The third kappa shape index (κ3) is 8.46. The standard InChI is InChI=1S/C44H49F2N11O7S/c1-4-52(2)65(61,62)51-36-8-6-33(45)40(32(36)23-47)64-29-5-7-35-30(19-29)42(59)57(26-48-35)28-22-44(63-25-28)12-17-54(18-13-44)24-27-9-14-55(15-10-27)38-21-37-31(20-34(38)46)41(50-53(37)3)56-16-11-39(58)49-43(56)60/h5-8,19-21,26-28,51H,4,9-18,22,24-25H2,1-3H3,(H,49,58,60)/t28-/m1/s1. The lowest BCUT2D eigenvalue weighted by Crippen LogP contribution is -2.49. The number of benzene rings is 3. The van der Waals surface area contributed by atoms with Crippen molar-refractivity contribution in [2.24, 2.45) is 13.0 Å². The lowest BCUT2D eigenvalue weighted by atomic mass is 9.86. The van der Waals surface area contributed by atoms with Crippen molar-refractivity contribution in [3.63, 3.8) is 0 Å². The average molecular weight is 914 g/mol. The van der Waals surface area contributed by atoms with Crippen molar-refractivity contribution in [1.82, 2.24) is 33.9 Å². The van der Waals surface area contributed by atoms with Gasteiger partial charge in [-0.1, -0.05) is 6.92 Å². The van der Waals surface area contributed by atoms with E-state index >= 15 is 8.78 Å². The Morgan fingerprint density at radius 2 is 1.80 bits per heavy atom. The number of fused-ring (bicyclic) bond motifs is 2. The number of likely N-dealkylation sites (tertiary alicyclic amines) is 1. The highest BCUT2D eigenvalue weighted by molar-refractivity contribution is 7.90. The Morgan fingerprint density at radius 3 is 2.52 bits per heavy atom. The van der Waals surface area contributed by atoms with E-state index in [2.05, 4.69) is 29.9 Å². The number of halogens is 2. The number of amides is 3. The molecule has 4 saturated heterocycles. The number of imide groups is 1. The van der Waals surface area contributed by atoms with Crippen LogP contribution in [-0.4, -0.2) is 114 Å². The largest absolute Gasteiger partial charge is 0.453 e. The molecule has 9 rings (SSSR count). The average Bonchev–Trinajstić information content (AvgIpc) is 3.85. The topological polar surface area (TPSA) is 200 Å². The lowest BCUT2D eigenvalue weighted by molar-refractivity contribution is -0.120. The molecule has 21 heteroatoms. The first-order valence-corrected chi connectivity index (χ1v) is 23.1. The van der Waals surface area contributed by atoms with E-state index < -0.39 is 27.8 Å². The second-order valence-corrected chi connectivity index (χ2v) is 19.1. The molecule has 0 aliphatic carbocycles. The molecular weight excluding hydrogens is 865 g/mol. The van der Waals surface area contributed by atoms with Crippen molar-refractivity contribution in [3.8, 4) is 17.6 Å². The van der Waals surface area contributed by atoms with Crippen LogP contribution in [0.15, 0.2) is 53.6 Å². The quantitative estimate of drug-likeness (QED) is 0.180. The first kappa shape index (κ1) is 44.0. The van der Waals surface area contributed by atoms with Crippen molar-refractivity contribution in [1.29, 1.82) is 5.26 Å². The van der Waals surface area contributed by atoms with E-state index in [4.69, 9.17) is 9.47 Å². The van der Waals surface area contributed by atoms with E-state index in [9.17, 15) is 28.1 Å². The normalized spacial score (nSPS) is 19.7. The van der Waals surface area contributed by atoms with E-state index in [-0.39, 0.29) is 70.8 Å². The summed E-state index contributed by atoms with van der Waals surface area (Å²) in [7, 11) is -0.903. The van der Waals surface area contributed by atoms with Crippen molar-refractivity contribution in [3.05, 3.63) is 76.3 Å². The lowest BCUT2D eigenvalue weighted by Gasteiger charge is -2.41. The van der Waals surface area contributed by atoms with Crippen molar-refractivity contribution in [2.75, 3.05) is 74.0 Å². The Kier molecular flexibility index (Phi) is 11.7. The van der Waals surface area contributed by atoms with E-state index in [0.717, 1.165) is 61.8 Å². The monoisotopic (exact) mass is 913 g/mol. The molecule has 65 heavy (non-hydrogen) atoms. The van der Waals surface area contributed by atoms with Crippen molar-refractivity contribution < 1.29 is 36.3 Å². The molecule has 5 aromatic rings. The number of urea groups is 1. The molecule has 0 saturated carbocycles. The summed E-state index contributed by atoms with van der Waals surface area (Å²) >= 11 is 0. The first-order chi connectivity index (χ1) is 31.2. The minimum atomic E-state index is -4.02. The van der Waals surface area contributed by atoms with Gasteiger partial charge in [0.25, 0.3) is 5.56 Å². The fourth-order valence-electron chi connectivity index (χ4n) is 9.46. The fraction of sp³-hybridized carbons (Fsp3) is 0.455. The number of piperidine rings is 2. The zero-order valence-corrected chi connectivity index (χ0v) is 37.0. The minimum absolute atomic E-state index is 0.0615. The number of nitriles is 1. The molecule has 4 aliphatic rings. The molecule has 3 aromatic carbocycles. The molecule has 1 spiro atoms. The van der Waals surface area contributed by atoms with E-state index in [1.54, 1.807) is 35.4 Å². The van der Waals surface area contributed by atoms with Crippen molar-refractivity contribution >= 4 is 61.1 Å². The Bertz CT molecular complexity index is 2920. The maximum absolute atomic E-state index is 15.7. The molecule has 3 amide bonds. The van der Waals surface area contributed by atoms with Crippen LogP contribution in [0.5, 0.6) is 11.5 Å². The highest BCUT2D eigenvalue weighted by Gasteiger charge is 2.44. The zero-order chi connectivity index (χ0) is 45.8. The van der Waals surface area contributed by atoms with Crippen LogP contribution in [-0.2, 0) is 26.8 Å². The maximum Gasteiger partial charge on any atom is 0.329 e. The highest BCUT2D eigenvalue weighted by Crippen LogP contribution is 2.41. The zero-order valence-electron chi connectivity index (χ0n) is 36.2. The van der Waals surface area contributed by atoms with Gasteiger partial charge in [0, 0.05) is 71.7 Å². The van der Waals surface area contributed by atoms with E-state index in [1.807, 2.05) is 6.07 Å². The van der Waals surface area contributed by atoms with E-state index in [1.165, 1.54) is 36.5 Å². The van der Waals surface area contributed by atoms with E-state index in [0.29, 0.717) is 60.0 Å². The van der Waals surface area contributed by atoms with Gasteiger partial charge in [-0.25, -0.2) is 18.6 Å². The van der Waals surface area contributed by atoms with Crippen LogP contribution in [0.25, 0.3) is 21.8 Å². The number of anilines is 3. The number of aryl methyl sites for hydroxylation is 1. The van der Waals surface area contributed by atoms with Crippen LogP contribution in [0, 0.1) is 28.9 Å². The second-order valence-electron chi connectivity index (χ2n) is 17.3. The third-order valence-corrected chi connectivity index (χ3v) is 14.9. The third-order valence-electron chi connectivity index (χ3n) is 13.3. The van der Waals surface area contributed by atoms with Gasteiger partial charge in [0.05, 0.1) is 52.4 Å². The van der Waals surface area contributed by atoms with Crippen LogP contribution in [0.2, 0.25) is 0 Å². The number of ether oxygens (including phenoxy) is 2. The van der Waals surface area contributed by atoms with Gasteiger partial charge in [-0.05, 0) is 80.5 Å². The predicted molar refractivity (Wildman–Crippen MR) is 237 cm³/mol. The Balaban J connectivity index is 0.810. The summed E-state index contributed by atoms with van der Waals surface area (Å²) in [5.41, 5.74) is 0.372. The number of nitrogens with zero attached hydrogens (tertiary/aromatic N) is 9. The Morgan fingerprint density at radius 1 is 1.03 bits per heavy atom. The van der Waals surface area contributed by atoms with Crippen LogP contribution in [0.1, 0.15) is 57.1 Å². The number of hydrogen-bond donors (Lipinski definition) is 2. The van der Waals surface area contributed by atoms with Gasteiger partial charge in [-0.2, -0.15) is 23.1 Å². The van der Waals surface area contributed by atoms with Gasteiger partial charge in [-0.15, -0.1) is 0 Å². The molecule has 1 atom stereocenters. The van der Waals surface area contributed by atoms with Gasteiger partial charge >= 0.3 is 16.2 Å². The number of hydrogen-bond acceptors (Lipinski definition) is 12. The molecule has 18 nitrogen and oxygen atoms in total. The molecule has 4 aliphatic heterocycles. The predicted octanol–water partition coefficient (Wildman–Crippen LogP) is 4.99. The number of nitrogens with one attached hydrogen (secondary N) is 2. The summed E-state index contributed by atoms with van der Waals surface area (Å²) < 4.78 is 75.1. The Hall–Kier alpha value is -6.21. The molecule has 0 bridgehead atoms. The van der Waals surface area contributed by atoms with Crippen LogP contribution in [0.3, 0.4) is 0 Å². The summed E-state index contributed by atoms with van der Waals surface area (Å²) in [6.07, 6.45) is 5.72. The smallest absolute Gasteiger partial charge is 0.329 e. The fourth-order valence-corrected chi connectivity index (χ4v) is 10.4. The second kappa shape index (κ2) is 17.3. The Labute approximate surface area is 373 Å². The highest BCUT2D eigenvalue weighted by atomic mass is 32.2. The van der Waals surface area contributed by atoms with Gasteiger partial charge in [0.2, 0.25) is 5.91 Å². The van der Waals surface area contributed by atoms with Crippen LogP contribution in [0.4, 0.5) is 30.8 Å². The summed E-state index contributed by atoms with van der Waals surface area (Å²) in [6, 6.07) is 10.9. The van der Waals surface area contributed by atoms with Gasteiger partial charge in [-0.3, -0.25) is 33.8 Å². The molecule has 4 fully saturated rings. The van der Waals surface area contributed by atoms with Gasteiger partial charge in [0.15, 0.2) is 17.4 Å². The molecular formula is C44H49F2N11O7S. The number of carbonyl (C=O) groups excluding carboxylic acids is 2. The molecule has 2 N–H and O–H groups in total. The number of aromatic nitrogens is 4. The molecule has 342 valence electrons. The molecule has 6 heterocycles. The summed E-state index contributed by atoms with van der Waals surface area (Å²) in [4.78, 5) is 48.6. The SMILES string of the molecule is CCN(C)S(=O)(=O)Nc1ccc(F)c(Oc2ccc3ncn([C@H]4COC5(CCN(CC6CCN(c7cc8c(cc7F)c(N7CCC(=O)NC7=O)nn8C)CC6)CC5)C4)c(=O)c3c2)c1C#N. The van der Waals surface area contributed by atoms with Gasteiger partial charge in [0.1, 0.15) is 23.2 Å². The summed E-state index contributed by atoms with van der Waals surface area (Å²) in [5.74, 6) is -1.29. The molecule has 0 radical (unpaired) electrons. The first-order valence-electron chi connectivity index (χ1n) is 21.7. The number of rotatable bonds is 11. The van der Waals surface area contributed by atoms with Crippen molar-refractivity contribution in [2.45, 2.75) is 57.1 Å². The summed E-state index contributed by atoms with van der Waals surface area (Å²) in [5, 5.41) is 17.5. The van der Waals surface area contributed by atoms with Crippen LogP contribution >= 0.6 is 0 Å². The summed E-state index contributed by atoms with van der Waals surface area (Å²) in [6.45, 7) is 6.33. The molecule has 0 unspecified atom stereocenters. The molecule has 2 aromatic heterocycles. The number of carbonyl (C=O) groups is 2. The van der Waals surface area contributed by atoms with Gasteiger partial charge < -0.3 is 19.3 Å². The maximum atomic E-state index is 15.7.